The molecule has 0 heterocycles. The maximum absolute atomic E-state index is 13.4. The lowest BCUT2D eigenvalue weighted by Gasteiger charge is -2.15. The first-order chi connectivity index (χ1) is 8.49. The van der Waals surface area contributed by atoms with Gasteiger partial charge in [0.25, 0.3) is 0 Å². The second kappa shape index (κ2) is 5.27. The van der Waals surface area contributed by atoms with Crippen LogP contribution in [0.1, 0.15) is 22.7 Å². The lowest BCUT2D eigenvalue weighted by atomic mass is 9.98. The summed E-state index contributed by atoms with van der Waals surface area (Å²) in [5, 5.41) is 0.853. The second-order valence-corrected chi connectivity index (χ2v) is 4.97. The maximum Gasteiger partial charge on any atom is 0.123 e. The molecule has 0 aliphatic rings. The van der Waals surface area contributed by atoms with Crippen LogP contribution in [0.4, 0.5) is 4.39 Å². The van der Waals surface area contributed by atoms with E-state index in [1.807, 2.05) is 13.0 Å². The second-order valence-electron chi connectivity index (χ2n) is 4.18. The predicted molar refractivity (Wildman–Crippen MR) is 73.6 cm³/mol. The molecule has 0 aromatic heterocycles. The molecule has 2 aromatic rings. The minimum absolute atomic E-state index is 0.307. The van der Waals surface area contributed by atoms with Crippen molar-refractivity contribution in [3.8, 4) is 0 Å². The smallest absolute Gasteiger partial charge is 0.123 e. The average Bonchev–Trinajstić information content (AvgIpc) is 2.30. The summed E-state index contributed by atoms with van der Waals surface area (Å²) in [5.41, 5.74) is 8.30. The van der Waals surface area contributed by atoms with Crippen LogP contribution in [0.2, 0.25) is 10.0 Å². The van der Waals surface area contributed by atoms with Gasteiger partial charge in [0, 0.05) is 0 Å². The quantitative estimate of drug-likeness (QED) is 0.864. The minimum Gasteiger partial charge on any atom is -0.320 e. The highest BCUT2D eigenvalue weighted by Crippen LogP contribution is 2.32. The molecule has 0 bridgehead atoms. The van der Waals surface area contributed by atoms with Gasteiger partial charge in [-0.25, -0.2) is 4.39 Å². The van der Waals surface area contributed by atoms with Crippen molar-refractivity contribution in [2.45, 2.75) is 13.0 Å². The normalized spacial score (nSPS) is 12.5. The van der Waals surface area contributed by atoms with Crippen LogP contribution in [0.3, 0.4) is 0 Å². The van der Waals surface area contributed by atoms with Crippen molar-refractivity contribution in [3.63, 3.8) is 0 Å². The van der Waals surface area contributed by atoms with Gasteiger partial charge in [0.15, 0.2) is 0 Å². The Morgan fingerprint density at radius 2 is 1.89 bits per heavy atom. The van der Waals surface area contributed by atoms with Gasteiger partial charge in [-0.2, -0.15) is 0 Å². The largest absolute Gasteiger partial charge is 0.320 e. The molecule has 0 aliphatic heterocycles. The third-order valence-electron chi connectivity index (χ3n) is 2.74. The van der Waals surface area contributed by atoms with E-state index in [4.69, 9.17) is 28.9 Å². The van der Waals surface area contributed by atoms with Crippen LogP contribution in [0, 0.1) is 12.7 Å². The zero-order chi connectivity index (χ0) is 13.3. The molecule has 2 aromatic carbocycles. The lowest BCUT2D eigenvalue weighted by molar-refractivity contribution is 0.622. The van der Waals surface area contributed by atoms with Crippen LogP contribution in [0.5, 0.6) is 0 Å². The van der Waals surface area contributed by atoms with E-state index in [9.17, 15) is 4.39 Å². The van der Waals surface area contributed by atoms with Crippen LogP contribution in [0.25, 0.3) is 0 Å². The Labute approximate surface area is 115 Å². The Morgan fingerprint density at radius 3 is 2.56 bits per heavy atom. The van der Waals surface area contributed by atoms with E-state index < -0.39 is 6.04 Å². The van der Waals surface area contributed by atoms with Crippen LogP contribution in [-0.2, 0) is 0 Å². The molecule has 0 spiro atoms. The van der Waals surface area contributed by atoms with E-state index in [0.717, 1.165) is 5.56 Å². The number of rotatable bonds is 2. The molecule has 0 saturated carbocycles. The summed E-state index contributed by atoms with van der Waals surface area (Å²) in [6.07, 6.45) is 0. The molecule has 2 N–H and O–H groups in total. The van der Waals surface area contributed by atoms with Gasteiger partial charge in [0.2, 0.25) is 0 Å². The van der Waals surface area contributed by atoms with Gasteiger partial charge in [-0.1, -0.05) is 41.4 Å². The molecule has 18 heavy (non-hydrogen) atoms. The van der Waals surface area contributed by atoms with E-state index in [-0.39, 0.29) is 5.82 Å². The Hall–Kier alpha value is -1.09. The van der Waals surface area contributed by atoms with E-state index in [2.05, 4.69) is 0 Å². The molecule has 1 atom stereocenters. The van der Waals surface area contributed by atoms with Crippen LogP contribution >= 0.6 is 23.2 Å². The fraction of sp³-hybridized carbons (Fsp3) is 0.143. The van der Waals surface area contributed by atoms with Crippen molar-refractivity contribution in [1.29, 1.82) is 0 Å². The molecular weight excluding hydrogens is 272 g/mol. The Kier molecular flexibility index (Phi) is 3.91. The molecule has 0 radical (unpaired) electrons. The summed E-state index contributed by atoms with van der Waals surface area (Å²) in [6, 6.07) is 9.46. The number of hydrogen-bond donors (Lipinski definition) is 1. The summed E-state index contributed by atoms with van der Waals surface area (Å²) < 4.78 is 13.4. The van der Waals surface area contributed by atoms with Gasteiger partial charge < -0.3 is 5.73 Å². The number of nitrogens with two attached hydrogens (primary N) is 1. The third kappa shape index (κ3) is 2.66. The molecule has 1 nitrogen and oxygen atoms in total. The van der Waals surface area contributed by atoms with Crippen LogP contribution in [-0.4, -0.2) is 0 Å². The van der Waals surface area contributed by atoms with Crippen molar-refractivity contribution in [1.82, 2.24) is 0 Å². The molecule has 2 rings (SSSR count). The van der Waals surface area contributed by atoms with Crippen LogP contribution in [0.15, 0.2) is 36.4 Å². The molecule has 0 amide bonds. The van der Waals surface area contributed by atoms with Crippen molar-refractivity contribution in [2.24, 2.45) is 5.73 Å². The van der Waals surface area contributed by atoms with E-state index in [1.165, 1.54) is 12.1 Å². The fourth-order valence-corrected chi connectivity index (χ4v) is 2.31. The van der Waals surface area contributed by atoms with Gasteiger partial charge in [0.1, 0.15) is 5.82 Å². The summed E-state index contributed by atoms with van der Waals surface area (Å²) in [5.74, 6) is -0.307. The highest BCUT2D eigenvalue weighted by Gasteiger charge is 2.15. The average molecular weight is 284 g/mol. The molecule has 94 valence electrons. The highest BCUT2D eigenvalue weighted by atomic mass is 35.5. The molecule has 1 unspecified atom stereocenters. The van der Waals surface area contributed by atoms with Crippen LogP contribution < -0.4 is 5.73 Å². The van der Waals surface area contributed by atoms with Gasteiger partial charge in [0.05, 0.1) is 16.1 Å². The van der Waals surface area contributed by atoms with Crippen molar-refractivity contribution in [2.75, 3.05) is 0 Å². The zero-order valence-corrected chi connectivity index (χ0v) is 11.3. The summed E-state index contributed by atoms with van der Waals surface area (Å²) >= 11 is 12.1. The van der Waals surface area contributed by atoms with E-state index >= 15 is 0 Å². The molecule has 0 saturated heterocycles. The topological polar surface area (TPSA) is 26.0 Å². The predicted octanol–water partition coefficient (Wildman–Crippen LogP) is 4.49. The SMILES string of the molecule is Cc1cc(F)cc(C(N)c2cccc(Cl)c2Cl)c1. The first kappa shape index (κ1) is 13.3. The summed E-state index contributed by atoms with van der Waals surface area (Å²) in [7, 11) is 0. The molecular formula is C14H12Cl2FN. The Morgan fingerprint density at radius 1 is 1.17 bits per heavy atom. The molecule has 0 fully saturated rings. The molecule has 4 heteroatoms. The zero-order valence-electron chi connectivity index (χ0n) is 9.75. The summed E-state index contributed by atoms with van der Waals surface area (Å²) in [6.45, 7) is 1.82. The fourth-order valence-electron chi connectivity index (χ4n) is 1.88. The Bertz CT molecular complexity index is 564. The minimum atomic E-state index is -0.495. The first-order valence-electron chi connectivity index (χ1n) is 5.45. The number of benzene rings is 2. The van der Waals surface area contributed by atoms with E-state index in [0.29, 0.717) is 21.2 Å². The number of aryl methyl sites for hydroxylation is 1. The third-order valence-corrected chi connectivity index (χ3v) is 3.57. The lowest BCUT2D eigenvalue weighted by Crippen LogP contribution is -2.13. The highest BCUT2D eigenvalue weighted by molar-refractivity contribution is 6.42. The van der Waals surface area contributed by atoms with Gasteiger partial charge >= 0.3 is 0 Å². The van der Waals surface area contributed by atoms with Gasteiger partial charge in [-0.3, -0.25) is 0 Å². The monoisotopic (exact) mass is 283 g/mol. The van der Waals surface area contributed by atoms with Crippen molar-refractivity contribution < 1.29 is 4.39 Å². The van der Waals surface area contributed by atoms with Gasteiger partial charge in [-0.15, -0.1) is 0 Å². The van der Waals surface area contributed by atoms with E-state index in [1.54, 1.807) is 18.2 Å². The first-order valence-corrected chi connectivity index (χ1v) is 6.21. The molecule has 0 aliphatic carbocycles. The number of halogens is 3. The van der Waals surface area contributed by atoms with Crippen molar-refractivity contribution >= 4 is 23.2 Å². The standard InChI is InChI=1S/C14H12Cl2FN/c1-8-5-9(7-10(17)6-8)14(18)11-3-2-4-12(15)13(11)16/h2-7,14H,18H2,1H3. The maximum atomic E-state index is 13.4. The van der Waals surface area contributed by atoms with Crippen molar-refractivity contribution in [3.05, 3.63) is 69.0 Å². The van der Waals surface area contributed by atoms with Gasteiger partial charge in [-0.05, 0) is 41.8 Å². The summed E-state index contributed by atoms with van der Waals surface area (Å²) in [4.78, 5) is 0. The number of hydrogen-bond acceptors (Lipinski definition) is 1. The Balaban J connectivity index is 2.47.